The van der Waals surface area contributed by atoms with E-state index in [-0.39, 0.29) is 49.7 Å². The van der Waals surface area contributed by atoms with Crippen LogP contribution in [0.15, 0.2) is 48.5 Å². The molecule has 0 aliphatic rings. The first kappa shape index (κ1) is 23.6. The molecule has 0 aromatic heterocycles. The zero-order valence-corrected chi connectivity index (χ0v) is 16.9. The second-order valence-electron chi connectivity index (χ2n) is 6.01. The first-order valence-electron chi connectivity index (χ1n) is 9.45. The average molecular weight is 430 g/mol. The lowest BCUT2D eigenvalue weighted by Gasteiger charge is -2.08. The lowest BCUT2D eigenvalue weighted by Crippen LogP contribution is -2.14. The molecule has 0 spiro atoms. The molecule has 0 unspecified atom stereocenters. The van der Waals surface area contributed by atoms with E-state index < -0.39 is 23.9 Å². The SMILES string of the molecule is CCOC(=O)c1ccc(C(=O)OCCOC(=O)c2ccc(C(=O)OCCO)cc2)cc1. The van der Waals surface area contributed by atoms with Crippen molar-refractivity contribution in [3.05, 3.63) is 70.8 Å². The maximum absolute atomic E-state index is 12.0. The first-order valence-corrected chi connectivity index (χ1v) is 9.45. The number of hydrogen-bond acceptors (Lipinski definition) is 9. The molecule has 0 radical (unpaired) electrons. The summed E-state index contributed by atoms with van der Waals surface area (Å²) in [5.41, 5.74) is 0.996. The highest BCUT2D eigenvalue weighted by Gasteiger charge is 2.13. The maximum Gasteiger partial charge on any atom is 0.338 e. The number of rotatable bonds is 10. The van der Waals surface area contributed by atoms with Gasteiger partial charge in [0.05, 0.1) is 35.5 Å². The molecule has 0 atom stereocenters. The van der Waals surface area contributed by atoms with E-state index in [2.05, 4.69) is 0 Å². The molecular formula is C22H22O9. The topological polar surface area (TPSA) is 125 Å². The summed E-state index contributed by atoms with van der Waals surface area (Å²) in [6.45, 7) is 1.24. The van der Waals surface area contributed by atoms with Crippen molar-refractivity contribution in [3.8, 4) is 0 Å². The predicted molar refractivity (Wildman–Crippen MR) is 107 cm³/mol. The molecule has 0 aliphatic heterocycles. The highest BCUT2D eigenvalue weighted by atomic mass is 16.6. The lowest BCUT2D eigenvalue weighted by atomic mass is 10.1. The van der Waals surface area contributed by atoms with Gasteiger partial charge in [-0.2, -0.15) is 0 Å². The summed E-state index contributed by atoms with van der Waals surface area (Å²) < 4.78 is 19.7. The Kier molecular flexibility index (Phi) is 9.18. The normalized spacial score (nSPS) is 10.1. The van der Waals surface area contributed by atoms with Gasteiger partial charge in [0.2, 0.25) is 0 Å². The summed E-state index contributed by atoms with van der Waals surface area (Å²) in [5.74, 6) is -2.37. The minimum Gasteiger partial charge on any atom is -0.462 e. The van der Waals surface area contributed by atoms with Crippen molar-refractivity contribution < 1.29 is 43.2 Å². The number of aliphatic hydroxyl groups excluding tert-OH is 1. The van der Waals surface area contributed by atoms with Crippen LogP contribution in [0.3, 0.4) is 0 Å². The van der Waals surface area contributed by atoms with Crippen molar-refractivity contribution in [2.45, 2.75) is 6.92 Å². The Morgan fingerprint density at radius 2 is 0.871 bits per heavy atom. The molecule has 31 heavy (non-hydrogen) atoms. The largest absolute Gasteiger partial charge is 0.462 e. The summed E-state index contributed by atoms with van der Waals surface area (Å²) in [5, 5.41) is 8.64. The van der Waals surface area contributed by atoms with Crippen LogP contribution in [0.5, 0.6) is 0 Å². The van der Waals surface area contributed by atoms with Crippen LogP contribution in [0.4, 0.5) is 0 Å². The van der Waals surface area contributed by atoms with Crippen LogP contribution in [0, 0.1) is 0 Å². The Morgan fingerprint density at radius 1 is 0.581 bits per heavy atom. The van der Waals surface area contributed by atoms with Crippen molar-refractivity contribution in [2.75, 3.05) is 33.0 Å². The molecular weight excluding hydrogens is 408 g/mol. The summed E-state index contributed by atoms with van der Waals surface area (Å²) >= 11 is 0. The zero-order valence-electron chi connectivity index (χ0n) is 16.9. The molecule has 0 fully saturated rings. The molecule has 0 bridgehead atoms. The third kappa shape index (κ3) is 7.23. The minimum absolute atomic E-state index is 0.114. The van der Waals surface area contributed by atoms with Crippen LogP contribution in [-0.4, -0.2) is 62.0 Å². The molecule has 0 saturated heterocycles. The lowest BCUT2D eigenvalue weighted by molar-refractivity contribution is 0.0265. The van der Waals surface area contributed by atoms with Gasteiger partial charge >= 0.3 is 23.9 Å². The van der Waals surface area contributed by atoms with E-state index in [9.17, 15) is 19.2 Å². The number of ether oxygens (including phenoxy) is 4. The van der Waals surface area contributed by atoms with Crippen molar-refractivity contribution >= 4 is 23.9 Å². The molecule has 0 saturated carbocycles. The number of hydrogen-bond donors (Lipinski definition) is 1. The number of esters is 4. The molecule has 0 amide bonds. The van der Waals surface area contributed by atoms with E-state index in [4.69, 9.17) is 24.1 Å². The number of carbonyl (C=O) groups excluding carboxylic acids is 4. The van der Waals surface area contributed by atoms with Crippen molar-refractivity contribution in [1.29, 1.82) is 0 Å². The Hall–Kier alpha value is -3.72. The fourth-order valence-corrected chi connectivity index (χ4v) is 2.36. The molecule has 0 heterocycles. The average Bonchev–Trinajstić information content (AvgIpc) is 2.80. The molecule has 9 heteroatoms. The van der Waals surface area contributed by atoms with Crippen molar-refractivity contribution in [2.24, 2.45) is 0 Å². The molecule has 2 aromatic rings. The summed E-state index contributed by atoms with van der Waals surface area (Å²) in [6, 6.07) is 11.4. The van der Waals surface area contributed by atoms with Gasteiger partial charge in [0, 0.05) is 0 Å². The van der Waals surface area contributed by atoms with Crippen LogP contribution in [0.25, 0.3) is 0 Å². The van der Waals surface area contributed by atoms with E-state index in [1.54, 1.807) is 6.92 Å². The highest BCUT2D eigenvalue weighted by molar-refractivity contribution is 5.94. The quantitative estimate of drug-likeness (QED) is 0.342. The summed E-state index contributed by atoms with van der Waals surface area (Å²) in [6.07, 6.45) is 0. The van der Waals surface area contributed by atoms with Crippen LogP contribution < -0.4 is 0 Å². The zero-order chi connectivity index (χ0) is 22.6. The predicted octanol–water partition coefficient (Wildman–Crippen LogP) is 2.03. The van der Waals surface area contributed by atoms with Crippen LogP contribution in [-0.2, 0) is 18.9 Å². The molecule has 2 rings (SSSR count). The van der Waals surface area contributed by atoms with E-state index in [1.807, 2.05) is 0 Å². The van der Waals surface area contributed by atoms with Gasteiger partial charge in [0.1, 0.15) is 19.8 Å². The smallest absolute Gasteiger partial charge is 0.338 e. The highest BCUT2D eigenvalue weighted by Crippen LogP contribution is 2.09. The second-order valence-corrected chi connectivity index (χ2v) is 6.01. The Balaban J connectivity index is 1.76. The van der Waals surface area contributed by atoms with Gasteiger partial charge in [-0.1, -0.05) is 0 Å². The molecule has 1 N–H and O–H groups in total. The second kappa shape index (κ2) is 12.1. The molecule has 164 valence electrons. The van der Waals surface area contributed by atoms with E-state index in [0.29, 0.717) is 5.56 Å². The third-order valence-corrected chi connectivity index (χ3v) is 3.86. The third-order valence-electron chi connectivity index (χ3n) is 3.86. The summed E-state index contributed by atoms with van der Waals surface area (Å²) in [7, 11) is 0. The van der Waals surface area contributed by atoms with Crippen molar-refractivity contribution in [1.82, 2.24) is 0 Å². The maximum atomic E-state index is 12.0. The Bertz CT molecular complexity index is 902. The number of carbonyl (C=O) groups is 4. The minimum atomic E-state index is -0.648. The van der Waals surface area contributed by atoms with Gasteiger partial charge in [-0.05, 0) is 55.5 Å². The van der Waals surface area contributed by atoms with E-state index in [0.717, 1.165) is 0 Å². The van der Waals surface area contributed by atoms with Gasteiger partial charge in [0.15, 0.2) is 0 Å². The molecule has 9 nitrogen and oxygen atoms in total. The Labute approximate surface area is 178 Å². The van der Waals surface area contributed by atoms with Crippen LogP contribution >= 0.6 is 0 Å². The molecule has 2 aromatic carbocycles. The number of aliphatic hydroxyl groups is 1. The summed E-state index contributed by atoms with van der Waals surface area (Å²) in [4.78, 5) is 47.2. The van der Waals surface area contributed by atoms with Gasteiger partial charge in [-0.25, -0.2) is 19.2 Å². The standard InChI is InChI=1S/C22H22O9/c1-2-28-19(24)15-3-5-17(6-4-15)21(26)30-13-14-31-22(27)18-9-7-16(8-10-18)20(25)29-12-11-23/h3-10,23H,2,11-14H2,1H3. The van der Waals surface area contributed by atoms with Gasteiger partial charge in [-0.3, -0.25) is 0 Å². The van der Waals surface area contributed by atoms with Crippen LogP contribution in [0.1, 0.15) is 48.4 Å². The fraction of sp³-hybridized carbons (Fsp3) is 0.273. The van der Waals surface area contributed by atoms with Crippen molar-refractivity contribution in [3.63, 3.8) is 0 Å². The van der Waals surface area contributed by atoms with E-state index >= 15 is 0 Å². The van der Waals surface area contributed by atoms with Crippen LogP contribution in [0.2, 0.25) is 0 Å². The van der Waals surface area contributed by atoms with E-state index in [1.165, 1.54) is 48.5 Å². The Morgan fingerprint density at radius 3 is 1.16 bits per heavy atom. The van der Waals surface area contributed by atoms with Gasteiger partial charge < -0.3 is 24.1 Å². The number of benzene rings is 2. The van der Waals surface area contributed by atoms with Gasteiger partial charge in [-0.15, -0.1) is 0 Å². The molecule has 0 aliphatic carbocycles. The van der Waals surface area contributed by atoms with Gasteiger partial charge in [0.25, 0.3) is 0 Å². The fourth-order valence-electron chi connectivity index (χ4n) is 2.36. The monoisotopic (exact) mass is 430 g/mol. The first-order chi connectivity index (χ1) is 15.0.